The molecule has 2 aliphatic carbocycles. The number of rotatable bonds is 2. The fraction of sp³-hybridized carbons (Fsp3) is 0.947. The van der Waals surface area contributed by atoms with E-state index in [0.717, 1.165) is 26.0 Å². The fourth-order valence-electron chi connectivity index (χ4n) is 6.37. The van der Waals surface area contributed by atoms with Gasteiger partial charge in [-0.3, -0.25) is 4.79 Å². The van der Waals surface area contributed by atoms with E-state index in [4.69, 9.17) is 9.47 Å². The molecule has 24 heavy (non-hydrogen) atoms. The summed E-state index contributed by atoms with van der Waals surface area (Å²) < 4.78 is 11.9. The molecule has 0 amide bonds. The number of hydrogen-bond donors (Lipinski definition) is 1. The van der Waals surface area contributed by atoms with Gasteiger partial charge >= 0.3 is 5.97 Å². The second-order valence-electron chi connectivity index (χ2n) is 9.17. The van der Waals surface area contributed by atoms with Gasteiger partial charge in [-0.15, -0.1) is 0 Å². The summed E-state index contributed by atoms with van der Waals surface area (Å²) in [6.45, 7) is 6.81. The number of fused-ring (bicyclic) bond motifs is 3. The Morgan fingerprint density at radius 3 is 2.83 bits per heavy atom. The molecule has 5 aliphatic rings. The van der Waals surface area contributed by atoms with Gasteiger partial charge < -0.3 is 14.4 Å². The highest BCUT2D eigenvalue weighted by Crippen LogP contribution is 2.62. The standard InChI is InChI=1S/C19H29NO3S/c1-18-3-2-4-19(12-22-19)16(18)9-13-14(17(21)23-15(13)10-18)11-20-5-7-24-8-6-20/h13-16H,2-12H2,1H3/p+1/t13-,14-,15-,16-,18-,19+/m1/s1. The van der Waals surface area contributed by atoms with E-state index in [1.54, 1.807) is 4.90 Å². The van der Waals surface area contributed by atoms with Crippen molar-refractivity contribution in [1.82, 2.24) is 0 Å². The van der Waals surface area contributed by atoms with Crippen molar-refractivity contribution in [1.29, 1.82) is 0 Å². The van der Waals surface area contributed by atoms with Gasteiger partial charge in [-0.2, -0.15) is 11.8 Å². The normalized spacial score (nSPS) is 51.1. The lowest BCUT2D eigenvalue weighted by Crippen LogP contribution is -3.14. The zero-order valence-electron chi connectivity index (χ0n) is 14.7. The van der Waals surface area contributed by atoms with E-state index in [1.165, 1.54) is 43.9 Å². The maximum atomic E-state index is 12.6. The van der Waals surface area contributed by atoms with Gasteiger partial charge in [-0.05, 0) is 43.4 Å². The number of thioether (sulfide) groups is 1. The molecule has 6 atom stereocenters. The van der Waals surface area contributed by atoms with Crippen molar-refractivity contribution in [2.75, 3.05) is 37.7 Å². The van der Waals surface area contributed by atoms with Crippen LogP contribution in [-0.2, 0) is 14.3 Å². The molecular weight excluding hydrogens is 322 g/mol. The summed E-state index contributed by atoms with van der Waals surface area (Å²) in [5.74, 6) is 3.80. The third-order valence-electron chi connectivity index (χ3n) is 7.79. The zero-order valence-corrected chi connectivity index (χ0v) is 15.5. The van der Waals surface area contributed by atoms with Gasteiger partial charge in [0.15, 0.2) is 0 Å². The van der Waals surface area contributed by atoms with E-state index in [1.807, 2.05) is 11.8 Å². The molecular formula is C19H30NO3S+. The summed E-state index contributed by atoms with van der Waals surface area (Å²) in [6.07, 6.45) is 6.19. The van der Waals surface area contributed by atoms with Gasteiger partial charge in [0, 0.05) is 17.4 Å². The molecule has 0 radical (unpaired) electrons. The monoisotopic (exact) mass is 352 g/mol. The third kappa shape index (κ3) is 2.45. The molecule has 5 fully saturated rings. The minimum atomic E-state index is 0.101. The number of carbonyl (C=O) groups excluding carboxylic acids is 1. The Hall–Kier alpha value is -0.260. The highest BCUT2D eigenvalue weighted by atomic mass is 32.2. The Labute approximate surface area is 149 Å². The Morgan fingerprint density at radius 1 is 1.29 bits per heavy atom. The number of esters is 1. The Balaban J connectivity index is 1.36. The lowest BCUT2D eigenvalue weighted by atomic mass is 9.53. The lowest BCUT2D eigenvalue weighted by Gasteiger charge is -2.51. The molecule has 0 aromatic rings. The number of epoxide rings is 1. The Kier molecular flexibility index (Phi) is 3.73. The first kappa shape index (κ1) is 16.0. The van der Waals surface area contributed by atoms with Crippen LogP contribution in [0.3, 0.4) is 0 Å². The predicted octanol–water partition coefficient (Wildman–Crippen LogP) is 1.15. The molecule has 0 aromatic heterocycles. The third-order valence-corrected chi connectivity index (χ3v) is 8.77. The summed E-state index contributed by atoms with van der Waals surface area (Å²) >= 11 is 2.05. The van der Waals surface area contributed by atoms with Gasteiger partial charge in [0.2, 0.25) is 0 Å². The highest BCUT2D eigenvalue weighted by Gasteiger charge is 2.65. The molecule has 5 rings (SSSR count). The van der Waals surface area contributed by atoms with E-state index < -0.39 is 0 Å². The van der Waals surface area contributed by atoms with Crippen LogP contribution in [0.1, 0.15) is 39.0 Å². The molecule has 1 spiro atoms. The van der Waals surface area contributed by atoms with Crippen molar-refractivity contribution in [2.24, 2.45) is 23.2 Å². The first-order valence-corrected chi connectivity index (χ1v) is 11.0. The average Bonchev–Trinajstić information content (AvgIpc) is 3.27. The molecule has 3 saturated heterocycles. The second-order valence-corrected chi connectivity index (χ2v) is 10.4. The van der Waals surface area contributed by atoms with Crippen LogP contribution in [0.2, 0.25) is 0 Å². The highest BCUT2D eigenvalue weighted by molar-refractivity contribution is 7.99. The second kappa shape index (κ2) is 5.62. The number of hydrogen-bond acceptors (Lipinski definition) is 4. The summed E-state index contributed by atoms with van der Waals surface area (Å²) in [4.78, 5) is 14.2. The Morgan fingerprint density at radius 2 is 2.08 bits per heavy atom. The van der Waals surface area contributed by atoms with Crippen LogP contribution in [0.4, 0.5) is 0 Å². The predicted molar refractivity (Wildman–Crippen MR) is 93.1 cm³/mol. The summed E-state index contributed by atoms with van der Waals surface area (Å²) in [5.41, 5.74) is 0.489. The minimum absolute atomic E-state index is 0.101. The van der Waals surface area contributed by atoms with Gasteiger partial charge in [-0.1, -0.05) is 6.92 Å². The van der Waals surface area contributed by atoms with Crippen molar-refractivity contribution in [3.05, 3.63) is 0 Å². The lowest BCUT2D eigenvalue weighted by molar-refractivity contribution is -0.899. The van der Waals surface area contributed by atoms with Crippen molar-refractivity contribution in [3.8, 4) is 0 Å². The van der Waals surface area contributed by atoms with Crippen LogP contribution in [-0.4, -0.2) is 55.4 Å². The maximum absolute atomic E-state index is 12.6. The van der Waals surface area contributed by atoms with Gasteiger partial charge in [-0.25, -0.2) is 0 Å². The smallest absolute Gasteiger partial charge is 0.315 e. The van der Waals surface area contributed by atoms with Crippen LogP contribution in [0.5, 0.6) is 0 Å². The maximum Gasteiger partial charge on any atom is 0.315 e. The number of nitrogens with one attached hydrogen (secondary N) is 1. The molecule has 134 valence electrons. The SMILES string of the molecule is C[C@]12CCC[C@]3(CO3)[C@@H]1C[C@H]1[C@@H](C2)OC(=O)[C@@H]1C[NH+]1CCSCC1. The molecule has 0 aromatic carbocycles. The zero-order chi connectivity index (χ0) is 16.4. The van der Waals surface area contributed by atoms with Gasteiger partial charge in [0.1, 0.15) is 12.0 Å². The summed E-state index contributed by atoms with van der Waals surface area (Å²) in [7, 11) is 0. The van der Waals surface area contributed by atoms with E-state index in [2.05, 4.69) is 6.92 Å². The van der Waals surface area contributed by atoms with Crippen LogP contribution in [0.25, 0.3) is 0 Å². The molecule has 3 heterocycles. The van der Waals surface area contributed by atoms with Crippen LogP contribution >= 0.6 is 11.8 Å². The van der Waals surface area contributed by atoms with Gasteiger partial charge in [0.25, 0.3) is 0 Å². The van der Waals surface area contributed by atoms with Crippen LogP contribution in [0, 0.1) is 23.2 Å². The number of quaternary nitrogens is 1. The number of ether oxygens (including phenoxy) is 2. The first-order valence-electron chi connectivity index (χ1n) is 9.85. The van der Waals surface area contributed by atoms with Crippen molar-refractivity contribution in [3.63, 3.8) is 0 Å². The van der Waals surface area contributed by atoms with Crippen molar-refractivity contribution < 1.29 is 19.2 Å². The van der Waals surface area contributed by atoms with E-state index in [9.17, 15) is 4.79 Å². The largest absolute Gasteiger partial charge is 0.462 e. The summed E-state index contributed by atoms with van der Waals surface area (Å²) in [6, 6.07) is 0. The molecule has 5 heteroatoms. The van der Waals surface area contributed by atoms with E-state index in [-0.39, 0.29) is 23.6 Å². The average molecular weight is 353 g/mol. The van der Waals surface area contributed by atoms with Crippen LogP contribution < -0.4 is 4.90 Å². The molecule has 4 nitrogen and oxygen atoms in total. The van der Waals surface area contributed by atoms with Crippen LogP contribution in [0.15, 0.2) is 0 Å². The minimum Gasteiger partial charge on any atom is -0.462 e. The van der Waals surface area contributed by atoms with E-state index >= 15 is 0 Å². The van der Waals surface area contributed by atoms with Crippen molar-refractivity contribution >= 4 is 17.7 Å². The molecule has 1 N–H and O–H groups in total. The van der Waals surface area contributed by atoms with Crippen molar-refractivity contribution in [2.45, 2.75) is 50.7 Å². The first-order chi connectivity index (χ1) is 11.6. The quantitative estimate of drug-likeness (QED) is 0.598. The molecule has 0 bridgehead atoms. The molecule has 2 saturated carbocycles. The van der Waals surface area contributed by atoms with Gasteiger partial charge in [0.05, 0.1) is 31.8 Å². The molecule has 0 unspecified atom stereocenters. The van der Waals surface area contributed by atoms with E-state index in [0.29, 0.717) is 17.3 Å². The Bertz CT molecular complexity index is 531. The topological polar surface area (TPSA) is 43.3 Å². The summed E-state index contributed by atoms with van der Waals surface area (Å²) in [5, 5.41) is 0. The number of carbonyl (C=O) groups is 1. The fourth-order valence-corrected chi connectivity index (χ4v) is 7.44. The molecule has 3 aliphatic heterocycles.